The Bertz CT molecular complexity index is 70.5. The average molecular weight is 209 g/mol. The van der Waals surface area contributed by atoms with E-state index in [0.29, 0.717) is 0 Å². The van der Waals surface area contributed by atoms with Crippen LogP contribution in [0.3, 0.4) is 0 Å². The Labute approximate surface area is 58.2 Å². The lowest BCUT2D eigenvalue weighted by atomic mass is 10.6. The maximum absolute atomic E-state index is 3.55. The molecule has 1 nitrogen and oxygen atoms in total. The van der Waals surface area contributed by atoms with Crippen molar-refractivity contribution in [1.29, 1.82) is 0 Å². The molecule has 0 rings (SSSR count). The lowest BCUT2D eigenvalue weighted by molar-refractivity contribution is 0.755. The van der Waals surface area contributed by atoms with Crippen molar-refractivity contribution in [3.63, 3.8) is 0 Å². The van der Waals surface area contributed by atoms with Crippen molar-refractivity contribution >= 4 is 22.9 Å². The summed E-state index contributed by atoms with van der Waals surface area (Å²) >= 11 is 2.15. The van der Waals surface area contributed by atoms with Crippen molar-refractivity contribution in [2.24, 2.45) is 0 Å². The molecule has 0 N–H and O–H groups in total. The molecule has 0 aliphatic heterocycles. The fourth-order valence-electron chi connectivity index (χ4n) is 0.198. The number of hydrogen-bond donors (Lipinski definition) is 0. The zero-order chi connectivity index (χ0) is 5.70. The van der Waals surface area contributed by atoms with Crippen LogP contribution in [0.25, 0.3) is 0 Å². The largest absolute Gasteiger partial charge is 0.318 e. The number of halogens is 1. The fraction of sp³-hybridized carbons (Fsp3) is 0.200. The smallest absolute Gasteiger partial charge is 0.0589 e. The van der Waals surface area contributed by atoms with Crippen LogP contribution >= 0.6 is 22.9 Å². The van der Waals surface area contributed by atoms with Gasteiger partial charge in [-0.15, -0.1) is 6.58 Å². The Morgan fingerprint density at radius 1 is 1.57 bits per heavy atom. The predicted octanol–water partition coefficient (Wildman–Crippen LogP) is 1.97. The van der Waals surface area contributed by atoms with Crippen LogP contribution < -0.4 is 0 Å². The van der Waals surface area contributed by atoms with Crippen molar-refractivity contribution in [3.8, 4) is 0 Å². The minimum atomic E-state index is 0.865. The van der Waals surface area contributed by atoms with Crippen LogP contribution in [0, 0.1) is 0 Å². The van der Waals surface area contributed by atoms with Gasteiger partial charge in [0, 0.05) is 12.7 Å². The number of rotatable bonds is 3. The topological polar surface area (TPSA) is 3.24 Å². The Balaban J connectivity index is 3.15. The molecule has 40 valence electrons. The van der Waals surface area contributed by atoms with Gasteiger partial charge in [0.1, 0.15) is 0 Å². The standard InChI is InChI=1S/C5H8IN/c1-3-5-7(6)4-2/h3-4H,1-2,5H2. The van der Waals surface area contributed by atoms with Crippen LogP contribution in [-0.4, -0.2) is 9.66 Å². The monoisotopic (exact) mass is 209 g/mol. The second kappa shape index (κ2) is 4.18. The van der Waals surface area contributed by atoms with Crippen LogP contribution in [0.4, 0.5) is 0 Å². The van der Waals surface area contributed by atoms with Crippen LogP contribution in [0.5, 0.6) is 0 Å². The van der Waals surface area contributed by atoms with Crippen molar-refractivity contribution < 1.29 is 0 Å². The lowest BCUT2D eigenvalue weighted by Crippen LogP contribution is -1.99. The molecule has 0 aromatic carbocycles. The molecule has 0 bridgehead atoms. The summed E-state index contributed by atoms with van der Waals surface area (Å²) in [5.74, 6) is 0. The first-order chi connectivity index (χ1) is 3.31. The molecule has 0 aliphatic carbocycles. The van der Waals surface area contributed by atoms with Gasteiger partial charge in [-0.1, -0.05) is 12.7 Å². The Morgan fingerprint density at radius 3 is 2.29 bits per heavy atom. The van der Waals surface area contributed by atoms with Crippen LogP contribution in [-0.2, 0) is 0 Å². The minimum absolute atomic E-state index is 0.865. The van der Waals surface area contributed by atoms with Gasteiger partial charge >= 0.3 is 0 Å². The average Bonchev–Trinajstić information content (AvgIpc) is 1.68. The van der Waals surface area contributed by atoms with Gasteiger partial charge in [-0.05, 0) is 0 Å². The first kappa shape index (κ1) is 7.01. The van der Waals surface area contributed by atoms with Gasteiger partial charge < -0.3 is 3.11 Å². The van der Waals surface area contributed by atoms with Gasteiger partial charge in [0.05, 0.1) is 22.9 Å². The quantitative estimate of drug-likeness (QED) is 0.390. The zero-order valence-electron chi connectivity index (χ0n) is 4.10. The van der Waals surface area contributed by atoms with E-state index in [1.165, 1.54) is 0 Å². The molecule has 0 aliphatic rings. The van der Waals surface area contributed by atoms with Gasteiger partial charge in [0.25, 0.3) is 0 Å². The summed E-state index contributed by atoms with van der Waals surface area (Å²) in [5, 5.41) is 0. The summed E-state index contributed by atoms with van der Waals surface area (Å²) in [5.41, 5.74) is 0. The van der Waals surface area contributed by atoms with E-state index in [2.05, 4.69) is 36.0 Å². The summed E-state index contributed by atoms with van der Waals surface area (Å²) in [7, 11) is 0. The van der Waals surface area contributed by atoms with E-state index in [-0.39, 0.29) is 0 Å². The molecular weight excluding hydrogens is 201 g/mol. The van der Waals surface area contributed by atoms with Crippen molar-refractivity contribution in [2.75, 3.05) is 6.54 Å². The number of hydrogen-bond acceptors (Lipinski definition) is 1. The van der Waals surface area contributed by atoms with E-state index < -0.39 is 0 Å². The molecule has 0 unspecified atom stereocenters. The molecular formula is C5H8IN. The molecule has 0 aromatic rings. The van der Waals surface area contributed by atoms with E-state index >= 15 is 0 Å². The lowest BCUT2D eigenvalue weighted by Gasteiger charge is -2.03. The van der Waals surface area contributed by atoms with Crippen LogP contribution in [0.2, 0.25) is 0 Å². The van der Waals surface area contributed by atoms with Gasteiger partial charge in [-0.3, -0.25) is 0 Å². The maximum atomic E-state index is 3.55. The van der Waals surface area contributed by atoms with Crippen molar-refractivity contribution in [3.05, 3.63) is 25.4 Å². The maximum Gasteiger partial charge on any atom is 0.0589 e. The highest BCUT2D eigenvalue weighted by atomic mass is 127. The summed E-state index contributed by atoms with van der Waals surface area (Å²) in [6.45, 7) is 7.97. The van der Waals surface area contributed by atoms with E-state index in [1.54, 1.807) is 6.20 Å². The summed E-state index contributed by atoms with van der Waals surface area (Å²) in [6.07, 6.45) is 3.58. The Hall–Kier alpha value is 0.01000. The molecule has 0 atom stereocenters. The van der Waals surface area contributed by atoms with Gasteiger partial charge in [-0.25, -0.2) is 0 Å². The molecule has 7 heavy (non-hydrogen) atoms. The molecule has 0 spiro atoms. The Kier molecular flexibility index (Phi) is 4.18. The van der Waals surface area contributed by atoms with E-state index in [0.717, 1.165) is 6.54 Å². The first-order valence-electron chi connectivity index (χ1n) is 1.97. The minimum Gasteiger partial charge on any atom is -0.318 e. The molecule has 0 radical (unpaired) electrons. The zero-order valence-corrected chi connectivity index (χ0v) is 6.26. The van der Waals surface area contributed by atoms with Crippen molar-refractivity contribution in [2.45, 2.75) is 0 Å². The highest BCUT2D eigenvalue weighted by molar-refractivity contribution is 14.1. The molecule has 0 amide bonds. The third kappa shape index (κ3) is 3.85. The highest BCUT2D eigenvalue weighted by Gasteiger charge is 1.80. The Morgan fingerprint density at radius 2 is 2.14 bits per heavy atom. The molecule has 0 saturated carbocycles. The fourth-order valence-corrected chi connectivity index (χ4v) is 0.476. The third-order valence-electron chi connectivity index (χ3n) is 0.502. The second-order valence-electron chi connectivity index (χ2n) is 1.05. The molecule has 0 fully saturated rings. The van der Waals surface area contributed by atoms with Crippen LogP contribution in [0.15, 0.2) is 25.4 Å². The SMILES string of the molecule is C=CCN(I)C=C. The first-order valence-corrected chi connectivity index (χ1v) is 2.93. The summed E-state index contributed by atoms with van der Waals surface area (Å²) in [4.78, 5) is 0. The van der Waals surface area contributed by atoms with Crippen molar-refractivity contribution in [1.82, 2.24) is 3.11 Å². The normalized spacial score (nSPS) is 7.57. The highest BCUT2D eigenvalue weighted by Crippen LogP contribution is 1.95. The van der Waals surface area contributed by atoms with Gasteiger partial charge in [0.2, 0.25) is 0 Å². The van der Waals surface area contributed by atoms with E-state index in [1.807, 2.05) is 9.19 Å². The molecule has 0 saturated heterocycles. The molecule has 2 heteroatoms. The van der Waals surface area contributed by atoms with Gasteiger partial charge in [-0.2, -0.15) is 0 Å². The van der Waals surface area contributed by atoms with E-state index in [9.17, 15) is 0 Å². The van der Waals surface area contributed by atoms with Crippen LogP contribution in [0.1, 0.15) is 0 Å². The molecule has 0 heterocycles. The summed E-state index contributed by atoms with van der Waals surface area (Å²) in [6, 6.07) is 0. The third-order valence-corrected chi connectivity index (χ3v) is 1.29. The second-order valence-corrected chi connectivity index (χ2v) is 2.29. The van der Waals surface area contributed by atoms with E-state index in [4.69, 9.17) is 0 Å². The predicted molar refractivity (Wildman–Crippen MR) is 41.1 cm³/mol. The summed E-state index contributed by atoms with van der Waals surface area (Å²) < 4.78 is 1.92. The molecule has 0 aromatic heterocycles. The number of nitrogens with zero attached hydrogens (tertiary/aromatic N) is 1. The van der Waals surface area contributed by atoms with Gasteiger partial charge in [0.15, 0.2) is 0 Å².